The van der Waals surface area contributed by atoms with Gasteiger partial charge in [-0.25, -0.2) is 4.98 Å². The standard InChI is InChI=1S/C32H26N4OS2/c1-20-11-12-22-13-14-23(17-26(22)33-20)30(37)35-32-29(31-34-25-9-5-6-10-27(25)38-31)24-15-16-36(19-28(24)39-32)18-21-7-3-2-4-8-21/h2-14,17H,15-16,18-19H2,1H3,(H,35,37). The summed E-state index contributed by atoms with van der Waals surface area (Å²) < 4.78 is 1.15. The Morgan fingerprint density at radius 1 is 0.923 bits per heavy atom. The Hall–Kier alpha value is -3.91. The number of aromatic nitrogens is 2. The molecule has 0 radical (unpaired) electrons. The number of nitrogens with zero attached hydrogens (tertiary/aromatic N) is 3. The van der Waals surface area contributed by atoms with Crippen molar-refractivity contribution >= 4 is 54.7 Å². The Labute approximate surface area is 234 Å². The van der Waals surface area contributed by atoms with Crippen LogP contribution in [0.25, 0.3) is 31.7 Å². The van der Waals surface area contributed by atoms with Crippen LogP contribution in [0, 0.1) is 6.92 Å². The number of amides is 1. The number of benzene rings is 3. The lowest BCUT2D eigenvalue weighted by Crippen LogP contribution is -2.29. The molecule has 1 aliphatic rings. The number of hydrogen-bond donors (Lipinski definition) is 1. The van der Waals surface area contributed by atoms with E-state index in [9.17, 15) is 4.79 Å². The molecule has 1 N–H and O–H groups in total. The number of carbonyl (C=O) groups is 1. The molecule has 0 saturated carbocycles. The number of rotatable bonds is 5. The van der Waals surface area contributed by atoms with Crippen molar-refractivity contribution in [3.05, 3.63) is 112 Å². The molecule has 6 aromatic rings. The van der Waals surface area contributed by atoms with Crippen molar-refractivity contribution in [2.75, 3.05) is 11.9 Å². The number of thiophene rings is 1. The summed E-state index contributed by atoms with van der Waals surface area (Å²) in [6.07, 6.45) is 0.930. The lowest BCUT2D eigenvalue weighted by molar-refractivity contribution is 0.102. The molecule has 0 atom stereocenters. The quantitative estimate of drug-likeness (QED) is 0.241. The molecule has 0 aliphatic carbocycles. The lowest BCUT2D eigenvalue weighted by Gasteiger charge is -2.27. The van der Waals surface area contributed by atoms with E-state index in [4.69, 9.17) is 4.98 Å². The van der Waals surface area contributed by atoms with E-state index in [0.717, 1.165) is 68.4 Å². The van der Waals surface area contributed by atoms with Crippen LogP contribution in [0.2, 0.25) is 0 Å². The monoisotopic (exact) mass is 546 g/mol. The molecule has 0 spiro atoms. The van der Waals surface area contributed by atoms with Gasteiger partial charge in [0.05, 0.1) is 15.7 Å². The second kappa shape index (κ2) is 10.0. The largest absolute Gasteiger partial charge is 0.313 e. The number of hydrogen-bond acceptors (Lipinski definition) is 6. The van der Waals surface area contributed by atoms with E-state index >= 15 is 0 Å². The van der Waals surface area contributed by atoms with Crippen LogP contribution in [-0.4, -0.2) is 27.3 Å². The van der Waals surface area contributed by atoms with Gasteiger partial charge in [-0.1, -0.05) is 54.6 Å². The van der Waals surface area contributed by atoms with Gasteiger partial charge in [-0.3, -0.25) is 14.7 Å². The number of carbonyl (C=O) groups excluding carboxylic acids is 1. The van der Waals surface area contributed by atoms with E-state index in [0.29, 0.717) is 5.56 Å². The van der Waals surface area contributed by atoms with Crippen LogP contribution >= 0.6 is 22.7 Å². The highest BCUT2D eigenvalue weighted by Gasteiger charge is 2.28. The van der Waals surface area contributed by atoms with E-state index in [1.54, 1.807) is 22.7 Å². The van der Waals surface area contributed by atoms with Crippen LogP contribution in [0.1, 0.15) is 32.1 Å². The van der Waals surface area contributed by atoms with E-state index in [-0.39, 0.29) is 5.91 Å². The first-order chi connectivity index (χ1) is 19.1. The molecule has 7 rings (SSSR count). The molecule has 3 aromatic carbocycles. The average molecular weight is 547 g/mol. The number of thiazole rings is 1. The molecule has 0 bridgehead atoms. The van der Waals surface area contributed by atoms with Crippen LogP contribution < -0.4 is 5.32 Å². The molecule has 1 aliphatic heterocycles. The number of nitrogens with one attached hydrogen (secondary N) is 1. The zero-order valence-electron chi connectivity index (χ0n) is 21.5. The molecule has 3 aromatic heterocycles. The summed E-state index contributed by atoms with van der Waals surface area (Å²) in [6, 6.07) is 28.6. The van der Waals surface area contributed by atoms with Crippen molar-refractivity contribution < 1.29 is 4.79 Å². The zero-order chi connectivity index (χ0) is 26.3. The second-order valence-electron chi connectivity index (χ2n) is 9.96. The molecule has 0 saturated heterocycles. The van der Waals surface area contributed by atoms with Crippen molar-refractivity contribution in [2.45, 2.75) is 26.4 Å². The van der Waals surface area contributed by atoms with Crippen molar-refractivity contribution in [3.63, 3.8) is 0 Å². The molecule has 5 nitrogen and oxygen atoms in total. The summed E-state index contributed by atoms with van der Waals surface area (Å²) in [6.45, 7) is 4.72. The third-order valence-electron chi connectivity index (χ3n) is 7.21. The van der Waals surface area contributed by atoms with Gasteiger partial charge in [0, 0.05) is 46.7 Å². The summed E-state index contributed by atoms with van der Waals surface area (Å²) in [5.41, 5.74) is 7.08. The lowest BCUT2D eigenvalue weighted by atomic mass is 10.0. The first-order valence-electron chi connectivity index (χ1n) is 13.1. The van der Waals surface area contributed by atoms with Gasteiger partial charge >= 0.3 is 0 Å². The SMILES string of the molecule is Cc1ccc2ccc(C(=O)Nc3sc4c(c3-c3nc5ccccc5s3)CCN(Cc3ccccc3)C4)cc2n1. The van der Waals surface area contributed by atoms with Gasteiger partial charge < -0.3 is 5.32 Å². The van der Waals surface area contributed by atoms with Gasteiger partial charge in [-0.05, 0) is 54.8 Å². The number of pyridine rings is 1. The minimum Gasteiger partial charge on any atom is -0.313 e. The van der Waals surface area contributed by atoms with Crippen LogP contribution in [0.4, 0.5) is 5.00 Å². The molecule has 7 heteroatoms. The number of para-hydroxylation sites is 1. The van der Waals surface area contributed by atoms with Crippen molar-refractivity contribution in [1.29, 1.82) is 0 Å². The fraction of sp³-hybridized carbons (Fsp3) is 0.156. The van der Waals surface area contributed by atoms with Crippen LogP contribution in [0.5, 0.6) is 0 Å². The maximum absolute atomic E-state index is 13.6. The summed E-state index contributed by atoms with van der Waals surface area (Å²) >= 11 is 3.38. The highest BCUT2D eigenvalue weighted by Crippen LogP contribution is 2.46. The van der Waals surface area contributed by atoms with E-state index in [1.807, 2.05) is 49.4 Å². The Bertz CT molecular complexity index is 1810. The minimum absolute atomic E-state index is 0.123. The summed E-state index contributed by atoms with van der Waals surface area (Å²) in [5.74, 6) is -0.123. The summed E-state index contributed by atoms with van der Waals surface area (Å²) in [7, 11) is 0. The highest BCUT2D eigenvalue weighted by molar-refractivity contribution is 7.23. The van der Waals surface area contributed by atoms with Crippen molar-refractivity contribution in [2.24, 2.45) is 0 Å². The Kier molecular flexibility index (Phi) is 6.19. The van der Waals surface area contributed by atoms with Gasteiger partial charge in [-0.2, -0.15) is 0 Å². The van der Waals surface area contributed by atoms with E-state index < -0.39 is 0 Å². The predicted octanol–water partition coefficient (Wildman–Crippen LogP) is 7.69. The van der Waals surface area contributed by atoms with Crippen molar-refractivity contribution in [1.82, 2.24) is 14.9 Å². The summed E-state index contributed by atoms with van der Waals surface area (Å²) in [4.78, 5) is 27.0. The predicted molar refractivity (Wildman–Crippen MR) is 162 cm³/mol. The topological polar surface area (TPSA) is 58.1 Å². The highest BCUT2D eigenvalue weighted by atomic mass is 32.1. The normalized spacial score (nSPS) is 13.6. The second-order valence-corrected chi connectivity index (χ2v) is 12.1. The molecular formula is C32H26N4OS2. The number of fused-ring (bicyclic) bond motifs is 3. The first kappa shape index (κ1) is 24.2. The van der Waals surface area contributed by atoms with Crippen LogP contribution in [0.3, 0.4) is 0 Å². The van der Waals surface area contributed by atoms with E-state index in [1.165, 1.54) is 16.0 Å². The maximum atomic E-state index is 13.6. The van der Waals surface area contributed by atoms with Gasteiger partial charge in [0.25, 0.3) is 5.91 Å². The van der Waals surface area contributed by atoms with Gasteiger partial charge in [-0.15, -0.1) is 22.7 Å². The maximum Gasteiger partial charge on any atom is 0.256 e. The fourth-order valence-electron chi connectivity index (χ4n) is 5.26. The molecule has 39 heavy (non-hydrogen) atoms. The van der Waals surface area contributed by atoms with E-state index in [2.05, 4.69) is 57.7 Å². The average Bonchev–Trinajstić information content (AvgIpc) is 3.53. The van der Waals surface area contributed by atoms with Crippen LogP contribution in [-0.2, 0) is 19.5 Å². The third-order valence-corrected chi connectivity index (χ3v) is 9.40. The fourth-order valence-corrected chi connectivity index (χ4v) is 7.66. The Morgan fingerprint density at radius 3 is 2.62 bits per heavy atom. The zero-order valence-corrected chi connectivity index (χ0v) is 23.1. The molecule has 0 fully saturated rings. The first-order valence-corrected chi connectivity index (χ1v) is 14.7. The van der Waals surface area contributed by atoms with Gasteiger partial charge in [0.15, 0.2) is 0 Å². The van der Waals surface area contributed by atoms with Crippen molar-refractivity contribution in [3.8, 4) is 10.6 Å². The van der Waals surface area contributed by atoms with Gasteiger partial charge in [0.2, 0.25) is 0 Å². The van der Waals surface area contributed by atoms with Gasteiger partial charge in [0.1, 0.15) is 10.0 Å². The number of anilines is 1. The number of aryl methyl sites for hydroxylation is 1. The molecule has 1 amide bonds. The third kappa shape index (κ3) is 4.74. The molecule has 4 heterocycles. The Morgan fingerprint density at radius 2 is 1.74 bits per heavy atom. The Balaban J connectivity index is 1.25. The molecule has 192 valence electrons. The molecule has 0 unspecified atom stereocenters. The smallest absolute Gasteiger partial charge is 0.256 e. The van der Waals surface area contributed by atoms with Crippen LogP contribution in [0.15, 0.2) is 84.9 Å². The summed E-state index contributed by atoms with van der Waals surface area (Å²) in [5, 5.41) is 6.14. The minimum atomic E-state index is -0.123. The molecular weight excluding hydrogens is 521 g/mol.